The molecule has 0 amide bonds. The second-order valence-electron chi connectivity index (χ2n) is 5.15. The molecule has 0 aliphatic rings. The number of carboxylic acids is 1. The van der Waals surface area contributed by atoms with Crippen LogP contribution in [-0.4, -0.2) is 16.2 Å². The van der Waals surface area contributed by atoms with Crippen molar-refractivity contribution in [3.05, 3.63) is 28.8 Å². The van der Waals surface area contributed by atoms with Gasteiger partial charge >= 0.3 is 5.97 Å². The van der Waals surface area contributed by atoms with Crippen molar-refractivity contribution in [1.82, 2.24) is 0 Å². The number of phenolic OH excluding ortho intramolecular Hbond substituents is 1. The summed E-state index contributed by atoms with van der Waals surface area (Å²) in [7, 11) is 0. The first kappa shape index (κ1) is 14.6. The Bertz CT molecular complexity index is 451. The highest BCUT2D eigenvalue weighted by Crippen LogP contribution is 2.39. The fourth-order valence-electron chi connectivity index (χ4n) is 2.46. The fraction of sp³-hybridized carbons (Fsp3) is 0.533. The van der Waals surface area contributed by atoms with Gasteiger partial charge in [-0.15, -0.1) is 0 Å². The molecular formula is C15H22O3. The van der Waals surface area contributed by atoms with Gasteiger partial charge in [0.05, 0.1) is 5.56 Å². The molecule has 0 radical (unpaired) electrons. The Hall–Kier alpha value is -1.51. The quantitative estimate of drug-likeness (QED) is 0.834. The van der Waals surface area contributed by atoms with Gasteiger partial charge in [-0.1, -0.05) is 27.2 Å². The highest BCUT2D eigenvalue weighted by molar-refractivity contribution is 5.90. The van der Waals surface area contributed by atoms with Crippen LogP contribution < -0.4 is 0 Å². The van der Waals surface area contributed by atoms with Crippen LogP contribution in [-0.2, 0) is 5.41 Å². The van der Waals surface area contributed by atoms with Crippen molar-refractivity contribution < 1.29 is 15.0 Å². The molecule has 0 bridgehead atoms. The van der Waals surface area contributed by atoms with E-state index in [2.05, 4.69) is 20.8 Å². The van der Waals surface area contributed by atoms with E-state index < -0.39 is 5.97 Å². The molecule has 0 spiro atoms. The van der Waals surface area contributed by atoms with Crippen LogP contribution in [0.5, 0.6) is 5.75 Å². The lowest BCUT2D eigenvalue weighted by molar-refractivity contribution is 0.0696. The summed E-state index contributed by atoms with van der Waals surface area (Å²) in [6, 6.07) is 3.19. The molecule has 18 heavy (non-hydrogen) atoms. The van der Waals surface area contributed by atoms with Gasteiger partial charge in [0.2, 0.25) is 0 Å². The Morgan fingerprint density at radius 1 is 1.33 bits per heavy atom. The second kappa shape index (κ2) is 5.42. The van der Waals surface area contributed by atoms with Crippen molar-refractivity contribution in [2.24, 2.45) is 0 Å². The zero-order chi connectivity index (χ0) is 13.9. The molecule has 100 valence electrons. The van der Waals surface area contributed by atoms with E-state index in [-0.39, 0.29) is 16.7 Å². The van der Waals surface area contributed by atoms with E-state index in [0.717, 1.165) is 24.8 Å². The van der Waals surface area contributed by atoms with Gasteiger partial charge in [0.1, 0.15) is 5.75 Å². The van der Waals surface area contributed by atoms with E-state index in [9.17, 15) is 9.90 Å². The number of benzene rings is 1. The van der Waals surface area contributed by atoms with Crippen LogP contribution in [0, 0.1) is 6.92 Å². The number of hydrogen-bond donors (Lipinski definition) is 2. The van der Waals surface area contributed by atoms with E-state index in [4.69, 9.17) is 5.11 Å². The standard InChI is InChI=1S/C15H22O3/c1-5-7-15(4,6-2)12-9-11(14(17)18)10(3)8-13(12)16/h8-9,16H,5-7H2,1-4H3,(H,17,18). The molecule has 3 nitrogen and oxygen atoms in total. The number of hydrogen-bond acceptors (Lipinski definition) is 2. The third kappa shape index (κ3) is 2.66. The number of aromatic hydroxyl groups is 1. The Labute approximate surface area is 108 Å². The first-order chi connectivity index (χ1) is 8.35. The topological polar surface area (TPSA) is 57.5 Å². The molecule has 1 rings (SSSR count). The largest absolute Gasteiger partial charge is 0.508 e. The van der Waals surface area contributed by atoms with E-state index >= 15 is 0 Å². The van der Waals surface area contributed by atoms with Gasteiger partial charge < -0.3 is 10.2 Å². The molecule has 1 unspecified atom stereocenters. The zero-order valence-electron chi connectivity index (χ0n) is 11.6. The Kier molecular flexibility index (Phi) is 4.38. The molecule has 0 saturated heterocycles. The summed E-state index contributed by atoms with van der Waals surface area (Å²) in [6.45, 7) is 7.94. The maximum Gasteiger partial charge on any atom is 0.335 e. The summed E-state index contributed by atoms with van der Waals surface area (Å²) in [5.74, 6) is -0.737. The minimum atomic E-state index is -0.941. The van der Waals surface area contributed by atoms with Gasteiger partial charge in [-0.05, 0) is 42.9 Å². The summed E-state index contributed by atoms with van der Waals surface area (Å²) in [6.07, 6.45) is 2.80. The molecule has 3 heteroatoms. The minimum absolute atomic E-state index is 0.170. The molecule has 2 N–H and O–H groups in total. The fourth-order valence-corrected chi connectivity index (χ4v) is 2.46. The molecule has 0 saturated carbocycles. The Morgan fingerprint density at radius 2 is 1.94 bits per heavy atom. The summed E-state index contributed by atoms with van der Waals surface area (Å²) in [4.78, 5) is 11.2. The van der Waals surface area contributed by atoms with Crippen LogP contribution in [0.25, 0.3) is 0 Å². The van der Waals surface area contributed by atoms with E-state index in [1.807, 2.05) is 0 Å². The summed E-state index contributed by atoms with van der Waals surface area (Å²) in [5, 5.41) is 19.3. The maximum absolute atomic E-state index is 11.2. The van der Waals surface area contributed by atoms with E-state index in [1.54, 1.807) is 19.1 Å². The second-order valence-corrected chi connectivity index (χ2v) is 5.15. The van der Waals surface area contributed by atoms with Crippen molar-refractivity contribution >= 4 is 5.97 Å². The van der Waals surface area contributed by atoms with E-state index in [1.165, 1.54) is 0 Å². The van der Waals surface area contributed by atoms with Gasteiger partial charge in [0, 0.05) is 5.56 Å². The lowest BCUT2D eigenvalue weighted by Gasteiger charge is -2.30. The van der Waals surface area contributed by atoms with Crippen molar-refractivity contribution in [3.8, 4) is 5.75 Å². The number of rotatable bonds is 5. The van der Waals surface area contributed by atoms with Crippen molar-refractivity contribution in [2.75, 3.05) is 0 Å². The van der Waals surface area contributed by atoms with Crippen molar-refractivity contribution in [2.45, 2.75) is 52.4 Å². The molecule has 0 aliphatic carbocycles. The van der Waals surface area contributed by atoms with Gasteiger partial charge in [-0.3, -0.25) is 0 Å². The number of carboxylic acid groups (broad SMARTS) is 1. The molecule has 1 aromatic rings. The van der Waals surface area contributed by atoms with Crippen LogP contribution in [0.3, 0.4) is 0 Å². The molecule has 0 heterocycles. The third-order valence-electron chi connectivity index (χ3n) is 3.81. The highest BCUT2D eigenvalue weighted by Gasteiger charge is 2.28. The first-order valence-corrected chi connectivity index (χ1v) is 6.43. The molecule has 1 aromatic carbocycles. The number of phenols is 1. The third-order valence-corrected chi connectivity index (χ3v) is 3.81. The summed E-state index contributed by atoms with van der Waals surface area (Å²) in [5.41, 5.74) is 1.45. The normalized spacial score (nSPS) is 14.2. The smallest absolute Gasteiger partial charge is 0.335 e. The Morgan fingerprint density at radius 3 is 2.39 bits per heavy atom. The van der Waals surface area contributed by atoms with Gasteiger partial charge in [0.25, 0.3) is 0 Å². The van der Waals surface area contributed by atoms with Crippen LogP contribution in [0.2, 0.25) is 0 Å². The molecule has 0 aliphatic heterocycles. The van der Waals surface area contributed by atoms with Gasteiger partial charge in [-0.2, -0.15) is 0 Å². The highest BCUT2D eigenvalue weighted by atomic mass is 16.4. The molecule has 1 atom stereocenters. The average molecular weight is 250 g/mol. The predicted molar refractivity (Wildman–Crippen MR) is 72.4 cm³/mol. The first-order valence-electron chi connectivity index (χ1n) is 6.43. The van der Waals surface area contributed by atoms with Crippen LogP contribution in [0.1, 0.15) is 61.5 Å². The summed E-state index contributed by atoms with van der Waals surface area (Å²) < 4.78 is 0. The van der Waals surface area contributed by atoms with Crippen LogP contribution in [0.4, 0.5) is 0 Å². The summed E-state index contributed by atoms with van der Waals surface area (Å²) >= 11 is 0. The molecular weight excluding hydrogens is 228 g/mol. The van der Waals surface area contributed by atoms with Crippen LogP contribution >= 0.6 is 0 Å². The lowest BCUT2D eigenvalue weighted by Crippen LogP contribution is -2.21. The van der Waals surface area contributed by atoms with Crippen molar-refractivity contribution in [3.63, 3.8) is 0 Å². The Balaban J connectivity index is 3.39. The maximum atomic E-state index is 11.2. The zero-order valence-corrected chi connectivity index (χ0v) is 11.6. The molecule has 0 fully saturated rings. The number of aryl methyl sites for hydroxylation is 1. The van der Waals surface area contributed by atoms with Crippen LogP contribution in [0.15, 0.2) is 12.1 Å². The lowest BCUT2D eigenvalue weighted by atomic mass is 9.75. The van der Waals surface area contributed by atoms with Gasteiger partial charge in [0.15, 0.2) is 0 Å². The van der Waals surface area contributed by atoms with E-state index in [0.29, 0.717) is 5.56 Å². The number of carbonyl (C=O) groups is 1. The van der Waals surface area contributed by atoms with Gasteiger partial charge in [-0.25, -0.2) is 4.79 Å². The predicted octanol–water partition coefficient (Wildman–Crippen LogP) is 3.87. The minimum Gasteiger partial charge on any atom is -0.508 e. The molecule has 0 aromatic heterocycles. The monoisotopic (exact) mass is 250 g/mol. The average Bonchev–Trinajstić information content (AvgIpc) is 2.28. The van der Waals surface area contributed by atoms with Crippen molar-refractivity contribution in [1.29, 1.82) is 0 Å². The SMILES string of the molecule is CCCC(C)(CC)c1cc(C(=O)O)c(C)cc1O. The number of aromatic carboxylic acids is 1.